The van der Waals surface area contributed by atoms with Gasteiger partial charge in [0.15, 0.2) is 0 Å². The van der Waals surface area contributed by atoms with Crippen LogP contribution in [-0.2, 0) is 20.0 Å². The Labute approximate surface area is 202 Å². The molecule has 0 saturated heterocycles. The lowest BCUT2D eigenvalue weighted by molar-refractivity contribution is 0.438. The molecule has 180 valence electrons. The van der Waals surface area contributed by atoms with Crippen molar-refractivity contribution in [2.45, 2.75) is 61.8 Å². The molecular weight excluding hydrogens is 468 g/mol. The van der Waals surface area contributed by atoms with Crippen molar-refractivity contribution in [2.75, 3.05) is 9.03 Å². The maximum absolute atomic E-state index is 13.9. The van der Waals surface area contributed by atoms with Gasteiger partial charge in [-0.15, -0.1) is 0 Å². The van der Waals surface area contributed by atoms with Crippen LogP contribution in [0, 0.1) is 13.8 Å². The molecule has 6 nitrogen and oxygen atoms in total. The minimum Gasteiger partial charge on any atom is -0.277 e. The lowest BCUT2D eigenvalue weighted by Crippen LogP contribution is -2.42. The van der Waals surface area contributed by atoms with Crippen LogP contribution in [0.25, 0.3) is 0 Å². The van der Waals surface area contributed by atoms with Crippen LogP contribution in [0.15, 0.2) is 82.6 Å². The molecule has 0 unspecified atom stereocenters. The maximum atomic E-state index is 13.9. The van der Waals surface area contributed by atoms with E-state index < -0.39 is 20.0 Å². The highest BCUT2D eigenvalue weighted by atomic mass is 32.2. The van der Waals surface area contributed by atoms with Crippen molar-refractivity contribution >= 4 is 31.4 Å². The zero-order valence-electron chi connectivity index (χ0n) is 19.4. The van der Waals surface area contributed by atoms with Crippen LogP contribution >= 0.6 is 0 Å². The summed E-state index contributed by atoms with van der Waals surface area (Å²) in [6, 6.07) is 19.8. The van der Waals surface area contributed by atoms with Gasteiger partial charge in [0.05, 0.1) is 21.2 Å². The summed E-state index contributed by atoms with van der Waals surface area (Å²) in [6.07, 6.45) is 4.38. The van der Waals surface area contributed by atoms with Crippen LogP contribution in [0.2, 0.25) is 0 Å². The van der Waals surface area contributed by atoms with Crippen molar-refractivity contribution in [2.24, 2.45) is 0 Å². The molecule has 0 amide bonds. The van der Waals surface area contributed by atoms with Gasteiger partial charge < -0.3 is 0 Å². The number of rotatable bonds is 7. The summed E-state index contributed by atoms with van der Waals surface area (Å²) in [5.74, 6) is 0. The highest BCUT2D eigenvalue weighted by Gasteiger charge is 2.34. The predicted molar refractivity (Wildman–Crippen MR) is 136 cm³/mol. The first-order chi connectivity index (χ1) is 16.2. The number of hydrogen-bond acceptors (Lipinski definition) is 4. The fourth-order valence-electron chi connectivity index (χ4n) is 4.34. The molecule has 0 spiro atoms. The van der Waals surface area contributed by atoms with Crippen LogP contribution in [-0.4, -0.2) is 22.9 Å². The molecule has 0 bridgehead atoms. The Morgan fingerprint density at radius 2 is 1.24 bits per heavy atom. The lowest BCUT2D eigenvalue weighted by atomic mass is 9.95. The smallest absolute Gasteiger partial charge is 0.264 e. The molecule has 1 aliphatic rings. The summed E-state index contributed by atoms with van der Waals surface area (Å²) >= 11 is 0. The molecule has 1 N–H and O–H groups in total. The number of sulfonamides is 2. The van der Waals surface area contributed by atoms with E-state index in [-0.39, 0.29) is 21.5 Å². The predicted octanol–water partition coefficient (Wildman–Crippen LogP) is 5.63. The fraction of sp³-hybridized carbons (Fsp3) is 0.308. The summed E-state index contributed by atoms with van der Waals surface area (Å²) < 4.78 is 58.2. The van der Waals surface area contributed by atoms with Gasteiger partial charge in [-0.25, -0.2) is 16.8 Å². The van der Waals surface area contributed by atoms with Gasteiger partial charge in [-0.05, 0) is 63.1 Å². The molecule has 3 aromatic carbocycles. The Morgan fingerprint density at radius 1 is 0.706 bits per heavy atom. The van der Waals surface area contributed by atoms with Gasteiger partial charge in [-0.3, -0.25) is 9.03 Å². The van der Waals surface area contributed by atoms with Gasteiger partial charge in [0.1, 0.15) is 0 Å². The number of nitrogens with zero attached hydrogens (tertiary/aromatic N) is 1. The van der Waals surface area contributed by atoms with Gasteiger partial charge >= 0.3 is 0 Å². The quantitative estimate of drug-likeness (QED) is 0.457. The minimum atomic E-state index is -3.92. The van der Waals surface area contributed by atoms with Crippen molar-refractivity contribution < 1.29 is 16.8 Å². The van der Waals surface area contributed by atoms with E-state index in [1.54, 1.807) is 72.8 Å². The molecule has 34 heavy (non-hydrogen) atoms. The first-order valence-corrected chi connectivity index (χ1v) is 14.4. The number of para-hydroxylation sites is 2. The number of anilines is 2. The number of hydrogen-bond donors (Lipinski definition) is 1. The van der Waals surface area contributed by atoms with Crippen molar-refractivity contribution in [3.8, 4) is 0 Å². The van der Waals surface area contributed by atoms with Crippen molar-refractivity contribution in [3.63, 3.8) is 0 Å². The monoisotopic (exact) mass is 498 g/mol. The molecule has 1 fully saturated rings. The lowest BCUT2D eigenvalue weighted by Gasteiger charge is -2.36. The fourth-order valence-corrected chi connectivity index (χ4v) is 7.14. The van der Waals surface area contributed by atoms with Crippen LogP contribution in [0.1, 0.15) is 43.2 Å². The van der Waals surface area contributed by atoms with Crippen LogP contribution in [0.4, 0.5) is 11.4 Å². The number of benzene rings is 3. The Balaban J connectivity index is 1.80. The van der Waals surface area contributed by atoms with E-state index in [0.29, 0.717) is 5.69 Å². The first kappa shape index (κ1) is 24.3. The highest BCUT2D eigenvalue weighted by molar-refractivity contribution is 7.93. The molecule has 0 radical (unpaired) electrons. The van der Waals surface area contributed by atoms with Gasteiger partial charge in [0.2, 0.25) is 0 Å². The Bertz CT molecular complexity index is 1340. The third kappa shape index (κ3) is 5.13. The molecule has 1 aliphatic carbocycles. The Hall–Kier alpha value is -2.84. The van der Waals surface area contributed by atoms with E-state index in [1.165, 1.54) is 4.31 Å². The second-order valence-corrected chi connectivity index (χ2v) is 12.3. The highest BCUT2D eigenvalue weighted by Crippen LogP contribution is 2.37. The van der Waals surface area contributed by atoms with E-state index in [1.807, 2.05) is 13.8 Å². The SMILES string of the molecule is Cc1ccc(S(=O)(=O)Nc2ccccc2N(C2CCCCC2)S(=O)(=O)c2ccc(C)cc2)cc1. The minimum absolute atomic E-state index is 0.124. The van der Waals surface area contributed by atoms with Crippen LogP contribution in [0.3, 0.4) is 0 Å². The summed E-state index contributed by atoms with van der Waals surface area (Å²) in [4.78, 5) is 0.318. The molecule has 0 aromatic heterocycles. The largest absolute Gasteiger partial charge is 0.277 e. The third-order valence-corrected chi connectivity index (χ3v) is 9.46. The molecule has 0 aliphatic heterocycles. The summed E-state index contributed by atoms with van der Waals surface area (Å²) in [6.45, 7) is 3.79. The van der Waals surface area contributed by atoms with E-state index in [2.05, 4.69) is 4.72 Å². The van der Waals surface area contributed by atoms with Crippen molar-refractivity contribution in [1.29, 1.82) is 0 Å². The third-order valence-electron chi connectivity index (χ3n) is 6.20. The van der Waals surface area contributed by atoms with Gasteiger partial charge in [0.25, 0.3) is 20.0 Å². The Morgan fingerprint density at radius 3 is 1.82 bits per heavy atom. The average molecular weight is 499 g/mol. The zero-order chi connectivity index (χ0) is 24.3. The second kappa shape index (κ2) is 9.80. The van der Waals surface area contributed by atoms with E-state index in [0.717, 1.165) is 43.2 Å². The normalized spacial score (nSPS) is 15.1. The molecule has 3 aromatic rings. The molecule has 0 heterocycles. The number of aryl methyl sites for hydroxylation is 2. The molecular formula is C26H30N2O4S2. The topological polar surface area (TPSA) is 83.6 Å². The number of nitrogens with one attached hydrogen (secondary N) is 1. The Kier molecular flexibility index (Phi) is 7.00. The van der Waals surface area contributed by atoms with Crippen molar-refractivity contribution in [1.82, 2.24) is 0 Å². The van der Waals surface area contributed by atoms with Crippen LogP contribution in [0.5, 0.6) is 0 Å². The molecule has 1 saturated carbocycles. The van der Waals surface area contributed by atoms with Gasteiger partial charge in [0, 0.05) is 6.04 Å². The standard InChI is InChI=1S/C26H30N2O4S2/c1-20-12-16-23(17-13-20)33(29,30)27-25-10-6-7-11-26(25)28(22-8-4-3-5-9-22)34(31,32)24-18-14-21(2)15-19-24/h6-7,10-19,22,27H,3-5,8-9H2,1-2H3. The first-order valence-electron chi connectivity index (χ1n) is 11.5. The van der Waals surface area contributed by atoms with E-state index in [9.17, 15) is 16.8 Å². The van der Waals surface area contributed by atoms with E-state index in [4.69, 9.17) is 0 Å². The molecule has 4 rings (SSSR count). The average Bonchev–Trinajstić information content (AvgIpc) is 2.81. The zero-order valence-corrected chi connectivity index (χ0v) is 21.1. The van der Waals surface area contributed by atoms with Gasteiger partial charge in [-0.1, -0.05) is 66.8 Å². The van der Waals surface area contributed by atoms with Crippen molar-refractivity contribution in [3.05, 3.63) is 83.9 Å². The maximum Gasteiger partial charge on any atom is 0.264 e. The van der Waals surface area contributed by atoms with E-state index >= 15 is 0 Å². The van der Waals surface area contributed by atoms with Crippen LogP contribution < -0.4 is 9.03 Å². The summed E-state index contributed by atoms with van der Waals surface area (Å²) in [7, 11) is -7.82. The molecule has 0 atom stereocenters. The van der Waals surface area contributed by atoms with Gasteiger partial charge in [-0.2, -0.15) is 0 Å². The molecule has 8 heteroatoms. The second-order valence-electron chi connectivity index (χ2n) is 8.84. The summed E-state index contributed by atoms with van der Waals surface area (Å²) in [5.41, 5.74) is 2.50. The summed E-state index contributed by atoms with van der Waals surface area (Å²) in [5, 5.41) is 0.